The van der Waals surface area contributed by atoms with E-state index in [2.05, 4.69) is 20.9 Å². The van der Waals surface area contributed by atoms with Gasteiger partial charge in [-0.15, -0.1) is 11.3 Å². The molecule has 0 saturated heterocycles. The minimum atomic E-state index is -5.82. The number of benzene rings is 3. The van der Waals surface area contributed by atoms with Crippen LogP contribution in [0.15, 0.2) is 87.5 Å². The Morgan fingerprint density at radius 3 is 2.26 bits per heavy atom. The van der Waals surface area contributed by atoms with E-state index < -0.39 is 34.8 Å². The summed E-state index contributed by atoms with van der Waals surface area (Å²) in [5.74, 6) is -1.10. The zero-order valence-corrected chi connectivity index (χ0v) is 23.6. The molecule has 3 aromatic carbocycles. The molecule has 3 N–H and O–H groups in total. The van der Waals surface area contributed by atoms with Crippen molar-refractivity contribution in [3.63, 3.8) is 0 Å². The van der Waals surface area contributed by atoms with Gasteiger partial charge >= 0.3 is 19.2 Å². The average Bonchev–Trinajstić information content (AvgIpc) is 3.37. The molecule has 4 aromatic rings. The van der Waals surface area contributed by atoms with E-state index in [0.717, 1.165) is 33.8 Å². The first-order valence-electron chi connectivity index (χ1n) is 10.8. The number of carboxylic acid groups (broad SMARTS) is 1. The van der Waals surface area contributed by atoms with Crippen molar-refractivity contribution in [2.24, 2.45) is 0 Å². The van der Waals surface area contributed by atoms with Gasteiger partial charge in [0.1, 0.15) is 0 Å². The van der Waals surface area contributed by atoms with Crippen LogP contribution in [0.5, 0.6) is 0 Å². The maximum atomic E-state index is 14.3. The van der Waals surface area contributed by atoms with Gasteiger partial charge in [-0.3, -0.25) is 4.57 Å². The highest BCUT2D eigenvalue weighted by Crippen LogP contribution is 2.60. The fourth-order valence-corrected chi connectivity index (χ4v) is 7.31. The number of alkyl halides is 2. The Labute approximate surface area is 233 Å². The first-order valence-corrected chi connectivity index (χ1v) is 15.5. The predicted octanol–water partition coefficient (Wildman–Crippen LogP) is 5.89. The average molecular weight is 659 g/mol. The van der Waals surface area contributed by atoms with Crippen LogP contribution in [0.25, 0.3) is 11.3 Å². The SMILES string of the molecule is O=C(O)c1ccc(-c2csc(N(Cc3ccc(C(F)(F)P(=O)(O)O)c(Br)c3)S(=O)(=O)c3ccccc3)n2)cc1. The van der Waals surface area contributed by atoms with Crippen LogP contribution in [0.4, 0.5) is 13.9 Å². The number of thiazole rings is 1. The number of rotatable bonds is 9. The number of aromatic carboxylic acids is 1. The summed E-state index contributed by atoms with van der Waals surface area (Å²) in [7, 11) is -10.0. The van der Waals surface area contributed by atoms with Crippen LogP contribution in [-0.2, 0) is 26.8 Å². The molecule has 1 heterocycles. The van der Waals surface area contributed by atoms with Crippen molar-refractivity contribution < 1.29 is 41.5 Å². The standard InChI is InChI=1S/C24H18BrF2N2O7PS2/c25-20-12-15(6-11-19(20)24(26,27)37(32,33)34)13-29(39(35,36)18-4-2-1-3-5-18)23-28-21(14-38-23)16-7-9-17(10-8-16)22(30)31/h1-12,14H,13H2,(H,30,31)(H2,32,33,34). The van der Waals surface area contributed by atoms with E-state index in [4.69, 9.17) is 14.9 Å². The Morgan fingerprint density at radius 2 is 1.69 bits per heavy atom. The summed E-state index contributed by atoms with van der Waals surface area (Å²) in [5.41, 5.74) is -4.17. The number of aromatic nitrogens is 1. The molecule has 0 fully saturated rings. The molecule has 0 radical (unpaired) electrons. The van der Waals surface area contributed by atoms with Crippen molar-refractivity contribution in [3.8, 4) is 11.3 Å². The lowest BCUT2D eigenvalue weighted by Crippen LogP contribution is -2.30. The summed E-state index contributed by atoms with van der Waals surface area (Å²) in [6.45, 7) is -0.345. The number of nitrogens with zero attached hydrogens (tertiary/aromatic N) is 2. The second-order valence-electron chi connectivity index (χ2n) is 8.12. The van der Waals surface area contributed by atoms with Crippen molar-refractivity contribution in [2.75, 3.05) is 4.31 Å². The highest BCUT2D eigenvalue weighted by Gasteiger charge is 2.51. The molecule has 15 heteroatoms. The van der Waals surface area contributed by atoms with Crippen LogP contribution in [0, 0.1) is 0 Å². The number of carbonyl (C=O) groups is 1. The maximum Gasteiger partial charge on any atom is 0.399 e. The van der Waals surface area contributed by atoms with Crippen LogP contribution in [-0.4, -0.2) is 34.3 Å². The summed E-state index contributed by atoms with van der Waals surface area (Å²) in [5, 5.41) is 10.8. The molecule has 204 valence electrons. The number of hydrogen-bond donors (Lipinski definition) is 3. The summed E-state index contributed by atoms with van der Waals surface area (Å²) in [6, 6.07) is 16.5. The van der Waals surface area contributed by atoms with Gasteiger partial charge in [-0.2, -0.15) is 8.78 Å². The summed E-state index contributed by atoms with van der Waals surface area (Å²) < 4.78 is 67.8. The molecular formula is C24H18BrF2N2O7PS2. The summed E-state index contributed by atoms with van der Waals surface area (Å²) in [6.07, 6.45) is 0. The second-order valence-corrected chi connectivity index (χ2v) is 13.3. The third-order valence-electron chi connectivity index (χ3n) is 5.51. The molecule has 0 aliphatic rings. The van der Waals surface area contributed by atoms with Gasteiger partial charge in [-0.1, -0.05) is 58.4 Å². The Hall–Kier alpha value is -3.00. The lowest BCUT2D eigenvalue weighted by atomic mass is 10.1. The molecule has 0 atom stereocenters. The number of halogens is 3. The van der Waals surface area contributed by atoms with Crippen LogP contribution in [0.3, 0.4) is 0 Å². The Bertz CT molecular complexity index is 1680. The van der Waals surface area contributed by atoms with E-state index in [1.807, 2.05) is 0 Å². The number of hydrogen-bond acceptors (Lipinski definition) is 6. The van der Waals surface area contributed by atoms with E-state index in [9.17, 15) is 26.6 Å². The fourth-order valence-electron chi connectivity index (χ4n) is 3.49. The van der Waals surface area contributed by atoms with Gasteiger partial charge in [0.05, 0.1) is 22.7 Å². The largest absolute Gasteiger partial charge is 0.478 e. The van der Waals surface area contributed by atoms with Crippen molar-refractivity contribution >= 4 is 56.0 Å². The molecule has 0 aliphatic heterocycles. The molecule has 39 heavy (non-hydrogen) atoms. The van der Waals surface area contributed by atoms with Gasteiger partial charge in [-0.05, 0) is 35.9 Å². The number of carboxylic acids is 1. The van der Waals surface area contributed by atoms with Gasteiger partial charge in [0.2, 0.25) is 0 Å². The van der Waals surface area contributed by atoms with E-state index in [1.165, 1.54) is 48.5 Å². The lowest BCUT2D eigenvalue weighted by molar-refractivity contribution is 0.0557. The third-order valence-corrected chi connectivity index (χ3v) is 9.87. The zero-order chi connectivity index (χ0) is 28.6. The molecule has 9 nitrogen and oxygen atoms in total. The van der Waals surface area contributed by atoms with Crippen molar-refractivity contribution in [1.29, 1.82) is 0 Å². The van der Waals surface area contributed by atoms with Crippen LogP contribution < -0.4 is 4.31 Å². The quantitative estimate of drug-likeness (QED) is 0.189. The van der Waals surface area contributed by atoms with Crippen molar-refractivity contribution in [2.45, 2.75) is 17.1 Å². The van der Waals surface area contributed by atoms with Gasteiger partial charge in [0, 0.05) is 21.0 Å². The first kappa shape index (κ1) is 29.0. The third kappa shape index (κ3) is 5.96. The van der Waals surface area contributed by atoms with Crippen molar-refractivity contribution in [3.05, 3.63) is 99.3 Å². The van der Waals surface area contributed by atoms with Gasteiger partial charge in [0.25, 0.3) is 10.0 Å². The minimum Gasteiger partial charge on any atom is -0.478 e. The molecule has 0 unspecified atom stereocenters. The van der Waals surface area contributed by atoms with Gasteiger partial charge in [-0.25, -0.2) is 22.5 Å². The Balaban J connectivity index is 1.75. The lowest BCUT2D eigenvalue weighted by Gasteiger charge is -2.23. The highest BCUT2D eigenvalue weighted by molar-refractivity contribution is 9.10. The molecule has 0 aliphatic carbocycles. The van der Waals surface area contributed by atoms with Gasteiger partial charge in [0.15, 0.2) is 5.13 Å². The predicted molar refractivity (Wildman–Crippen MR) is 144 cm³/mol. The molecule has 0 saturated carbocycles. The monoisotopic (exact) mass is 658 g/mol. The van der Waals surface area contributed by atoms with Gasteiger partial charge < -0.3 is 14.9 Å². The number of sulfonamides is 1. The highest BCUT2D eigenvalue weighted by atomic mass is 79.9. The topological polar surface area (TPSA) is 145 Å². The van der Waals surface area contributed by atoms with Crippen LogP contribution in [0.1, 0.15) is 21.5 Å². The van der Waals surface area contributed by atoms with E-state index in [1.54, 1.807) is 11.4 Å². The Kier molecular flexibility index (Phi) is 8.08. The second kappa shape index (κ2) is 10.9. The van der Waals surface area contributed by atoms with E-state index in [-0.39, 0.29) is 32.2 Å². The molecule has 4 rings (SSSR count). The summed E-state index contributed by atoms with van der Waals surface area (Å²) in [4.78, 5) is 33.7. The molecular weight excluding hydrogens is 641 g/mol. The normalized spacial score (nSPS) is 12.3. The van der Waals surface area contributed by atoms with Crippen LogP contribution >= 0.6 is 34.9 Å². The minimum absolute atomic E-state index is 0.0451. The molecule has 0 bridgehead atoms. The molecule has 1 aromatic heterocycles. The molecule has 0 spiro atoms. The van der Waals surface area contributed by atoms with E-state index >= 15 is 0 Å². The number of anilines is 1. The zero-order valence-electron chi connectivity index (χ0n) is 19.5. The molecule has 0 amide bonds. The first-order chi connectivity index (χ1) is 18.2. The van der Waals surface area contributed by atoms with Crippen LogP contribution in [0.2, 0.25) is 0 Å². The maximum absolute atomic E-state index is 14.3. The Morgan fingerprint density at radius 1 is 1.05 bits per heavy atom. The smallest absolute Gasteiger partial charge is 0.399 e. The summed E-state index contributed by atoms with van der Waals surface area (Å²) >= 11 is 3.92. The van der Waals surface area contributed by atoms with E-state index in [0.29, 0.717) is 11.3 Å². The van der Waals surface area contributed by atoms with Crippen molar-refractivity contribution in [1.82, 2.24) is 4.98 Å². The fraction of sp³-hybridized carbons (Fsp3) is 0.0833.